The van der Waals surface area contributed by atoms with Gasteiger partial charge in [0.05, 0.1) is 24.4 Å². The molecule has 6 nitrogen and oxygen atoms in total. The smallest absolute Gasteiger partial charge is 0.306 e. The minimum absolute atomic E-state index is 0.0475. The van der Waals surface area contributed by atoms with Gasteiger partial charge >= 0.3 is 11.9 Å². The van der Waals surface area contributed by atoms with Crippen molar-refractivity contribution in [2.24, 2.45) is 0 Å². The number of hydrogen-bond donors (Lipinski definition) is 0. The third-order valence-corrected chi connectivity index (χ3v) is 13.1. The van der Waals surface area contributed by atoms with Crippen molar-refractivity contribution in [2.45, 2.75) is 303 Å². The van der Waals surface area contributed by atoms with Gasteiger partial charge in [0.25, 0.3) is 0 Å². The van der Waals surface area contributed by atoms with Gasteiger partial charge < -0.3 is 18.9 Å². The van der Waals surface area contributed by atoms with Crippen LogP contribution in [0.25, 0.3) is 0 Å². The zero-order valence-corrected chi connectivity index (χ0v) is 40.3. The summed E-state index contributed by atoms with van der Waals surface area (Å²) in [5, 5.41) is 0. The Hall–Kier alpha value is -1.14. The van der Waals surface area contributed by atoms with E-state index in [9.17, 15) is 9.59 Å². The first-order chi connectivity index (χ1) is 28.2. The number of unbranched alkanes of at least 4 members (excludes halogenated alkanes) is 28. The predicted octanol–water partition coefficient (Wildman–Crippen LogP) is 16.5. The lowest BCUT2D eigenvalue weighted by Crippen LogP contribution is -2.39. The Morgan fingerprint density at radius 2 is 0.759 bits per heavy atom. The van der Waals surface area contributed by atoms with Crippen LogP contribution in [0.1, 0.15) is 286 Å². The summed E-state index contributed by atoms with van der Waals surface area (Å²) >= 11 is 0. The summed E-state index contributed by atoms with van der Waals surface area (Å²) in [6, 6.07) is 0. The average molecular weight is 823 g/mol. The molecule has 0 aromatic rings. The van der Waals surface area contributed by atoms with Crippen molar-refractivity contribution in [3.63, 3.8) is 0 Å². The van der Waals surface area contributed by atoms with Gasteiger partial charge in [-0.1, -0.05) is 221 Å². The molecule has 1 unspecified atom stereocenters. The van der Waals surface area contributed by atoms with E-state index in [-0.39, 0.29) is 36.4 Å². The summed E-state index contributed by atoms with van der Waals surface area (Å²) in [4.78, 5) is 25.8. The van der Waals surface area contributed by atoms with Gasteiger partial charge in [-0.15, -0.1) is 0 Å². The molecule has 0 aromatic heterocycles. The molecule has 0 aliphatic heterocycles. The van der Waals surface area contributed by atoms with Crippen LogP contribution in [0.2, 0.25) is 0 Å². The molecule has 0 N–H and O–H groups in total. The molecule has 0 saturated heterocycles. The summed E-state index contributed by atoms with van der Waals surface area (Å²) in [5.41, 5.74) is -0.502. The van der Waals surface area contributed by atoms with E-state index in [0.29, 0.717) is 19.4 Å². The number of carbonyl (C=O) groups excluding carboxylic acids is 2. The molecular weight excluding hydrogens is 721 g/mol. The molecule has 0 fully saturated rings. The third-order valence-electron chi connectivity index (χ3n) is 13.1. The highest BCUT2D eigenvalue weighted by molar-refractivity contribution is 5.70. The fourth-order valence-electron chi connectivity index (χ4n) is 7.99. The summed E-state index contributed by atoms with van der Waals surface area (Å²) < 4.78 is 24.6. The van der Waals surface area contributed by atoms with Crippen molar-refractivity contribution >= 4 is 11.9 Å². The molecule has 0 radical (unpaired) electrons. The molecule has 0 aliphatic rings. The van der Waals surface area contributed by atoms with Crippen LogP contribution in [0.4, 0.5) is 0 Å². The Balaban J connectivity index is 4.61. The average Bonchev–Trinajstić information content (AvgIpc) is 3.23. The van der Waals surface area contributed by atoms with Crippen molar-refractivity contribution in [3.05, 3.63) is 0 Å². The minimum atomic E-state index is -0.608. The Morgan fingerprint density at radius 1 is 0.414 bits per heavy atom. The summed E-state index contributed by atoms with van der Waals surface area (Å²) in [6.07, 6.45) is 43.4. The second-order valence-electron chi connectivity index (χ2n) is 18.2. The number of esters is 2. The first-order valence-corrected chi connectivity index (χ1v) is 25.9. The number of carbonyl (C=O) groups is 2. The van der Waals surface area contributed by atoms with Crippen molar-refractivity contribution < 1.29 is 28.5 Å². The molecular formula is C52H102O6. The molecule has 346 valence electrons. The molecule has 0 saturated carbocycles. The summed E-state index contributed by atoms with van der Waals surface area (Å²) in [6.45, 7) is 16.3. The van der Waals surface area contributed by atoms with Crippen LogP contribution in [0, 0.1) is 0 Å². The maximum atomic E-state index is 13.0. The van der Waals surface area contributed by atoms with E-state index in [4.69, 9.17) is 18.9 Å². The van der Waals surface area contributed by atoms with Gasteiger partial charge in [0, 0.05) is 12.8 Å². The van der Waals surface area contributed by atoms with E-state index >= 15 is 0 Å². The van der Waals surface area contributed by atoms with Crippen LogP contribution in [-0.2, 0) is 28.5 Å². The van der Waals surface area contributed by atoms with Gasteiger partial charge in [-0.05, 0) is 51.9 Å². The van der Waals surface area contributed by atoms with Crippen LogP contribution in [0.5, 0.6) is 0 Å². The molecule has 0 aromatic carbocycles. The maximum Gasteiger partial charge on any atom is 0.306 e. The SMILES string of the molecule is CCCCCCCCCCCCCCCCCC(=O)OCC(COC(CC)(CC)CCOC(C)(CC)CC)OC(=O)CCCCCCCCCCCCCCCCC. The van der Waals surface area contributed by atoms with E-state index in [1.165, 1.54) is 167 Å². The zero-order valence-electron chi connectivity index (χ0n) is 40.3. The van der Waals surface area contributed by atoms with E-state index in [0.717, 1.165) is 57.8 Å². The highest BCUT2D eigenvalue weighted by Crippen LogP contribution is 2.28. The van der Waals surface area contributed by atoms with E-state index in [1.807, 2.05) is 0 Å². The normalized spacial score (nSPS) is 12.6. The molecule has 58 heavy (non-hydrogen) atoms. The molecule has 0 rings (SSSR count). The molecule has 6 heteroatoms. The van der Waals surface area contributed by atoms with Crippen LogP contribution in [0.15, 0.2) is 0 Å². The van der Waals surface area contributed by atoms with Crippen LogP contribution in [0.3, 0.4) is 0 Å². The van der Waals surface area contributed by atoms with E-state index < -0.39 is 6.10 Å². The van der Waals surface area contributed by atoms with Gasteiger partial charge in [-0.3, -0.25) is 9.59 Å². The lowest BCUT2D eigenvalue weighted by Gasteiger charge is -2.35. The Kier molecular flexibility index (Phi) is 40.4. The lowest BCUT2D eigenvalue weighted by atomic mass is 9.93. The van der Waals surface area contributed by atoms with Gasteiger partial charge in [0.15, 0.2) is 6.10 Å². The number of hydrogen-bond acceptors (Lipinski definition) is 6. The van der Waals surface area contributed by atoms with Crippen LogP contribution in [-0.4, -0.2) is 49.1 Å². The topological polar surface area (TPSA) is 71.1 Å². The predicted molar refractivity (Wildman–Crippen MR) is 249 cm³/mol. The van der Waals surface area contributed by atoms with E-state index in [2.05, 4.69) is 48.5 Å². The van der Waals surface area contributed by atoms with Crippen molar-refractivity contribution in [2.75, 3.05) is 19.8 Å². The lowest BCUT2D eigenvalue weighted by molar-refractivity contribution is -0.170. The second-order valence-corrected chi connectivity index (χ2v) is 18.2. The highest BCUT2D eigenvalue weighted by atomic mass is 16.6. The van der Waals surface area contributed by atoms with E-state index in [1.54, 1.807) is 0 Å². The minimum Gasteiger partial charge on any atom is -0.462 e. The van der Waals surface area contributed by atoms with Gasteiger partial charge in [0.1, 0.15) is 6.61 Å². The van der Waals surface area contributed by atoms with Crippen molar-refractivity contribution in [1.82, 2.24) is 0 Å². The van der Waals surface area contributed by atoms with Crippen molar-refractivity contribution in [1.29, 1.82) is 0 Å². The van der Waals surface area contributed by atoms with Crippen LogP contribution >= 0.6 is 0 Å². The maximum absolute atomic E-state index is 13.0. The van der Waals surface area contributed by atoms with Gasteiger partial charge in [-0.2, -0.15) is 0 Å². The Labute approximate surface area is 362 Å². The molecule has 0 bridgehead atoms. The molecule has 0 aliphatic carbocycles. The molecule has 0 spiro atoms. The highest BCUT2D eigenvalue weighted by Gasteiger charge is 2.31. The Bertz CT molecular complexity index is 881. The largest absolute Gasteiger partial charge is 0.462 e. The zero-order chi connectivity index (χ0) is 42.8. The van der Waals surface area contributed by atoms with Gasteiger partial charge in [0.2, 0.25) is 0 Å². The van der Waals surface area contributed by atoms with Crippen molar-refractivity contribution in [3.8, 4) is 0 Å². The first kappa shape index (κ1) is 56.9. The van der Waals surface area contributed by atoms with Gasteiger partial charge in [-0.25, -0.2) is 0 Å². The fourth-order valence-corrected chi connectivity index (χ4v) is 7.99. The molecule has 0 amide bonds. The Morgan fingerprint density at radius 3 is 1.10 bits per heavy atom. The third kappa shape index (κ3) is 34.6. The number of rotatable bonds is 46. The second kappa shape index (κ2) is 41.2. The monoisotopic (exact) mass is 823 g/mol. The molecule has 1 atom stereocenters. The summed E-state index contributed by atoms with van der Waals surface area (Å²) in [5.74, 6) is -0.424. The first-order valence-electron chi connectivity index (χ1n) is 25.9. The molecule has 0 heterocycles. The number of ether oxygens (including phenoxy) is 4. The summed E-state index contributed by atoms with van der Waals surface area (Å²) in [7, 11) is 0. The standard InChI is InChI=1S/C52H102O6/c1-8-14-16-18-20-22-24-26-28-30-32-34-36-38-40-42-49(53)55-46-48(47-57-52(12-5,13-6)44-45-56-51(7,10-3)11-4)58-50(54)43-41-39-37-35-33-31-29-27-25-23-21-19-17-15-9-2/h48H,8-47H2,1-7H3. The fraction of sp³-hybridized carbons (Fsp3) is 0.962. The van der Waals surface area contributed by atoms with Crippen LogP contribution < -0.4 is 0 Å². The quantitative estimate of drug-likeness (QED) is 0.0450.